The standard InChI is InChI=1S/C23H25NO7S/c1-4-28-20-8-6-7-15-11-16(13-30-22(15)20)24-32(26,27)17-9-10-19-18(12-17)14(3)21(31-19)23(25)29-5-2/h6-10,12,16,24H,4-5,11,13H2,1-3H3. The molecule has 1 N–H and O–H groups in total. The molecule has 0 saturated heterocycles. The van der Waals surface area contributed by atoms with Gasteiger partial charge in [0, 0.05) is 10.9 Å². The zero-order valence-corrected chi connectivity index (χ0v) is 19.0. The number of rotatable bonds is 7. The third-order valence-corrected chi connectivity index (χ3v) is 6.77. The molecule has 1 aliphatic rings. The van der Waals surface area contributed by atoms with E-state index in [1.807, 2.05) is 25.1 Å². The summed E-state index contributed by atoms with van der Waals surface area (Å²) in [6, 6.07) is 9.66. The molecular formula is C23H25NO7S. The number of hydrogen-bond acceptors (Lipinski definition) is 7. The summed E-state index contributed by atoms with van der Waals surface area (Å²) < 4.78 is 50.9. The maximum Gasteiger partial charge on any atom is 0.374 e. The van der Waals surface area contributed by atoms with E-state index in [4.69, 9.17) is 18.6 Å². The lowest BCUT2D eigenvalue weighted by Gasteiger charge is -2.27. The normalized spacial score (nSPS) is 15.8. The largest absolute Gasteiger partial charge is 0.490 e. The first-order valence-corrected chi connectivity index (χ1v) is 11.9. The Morgan fingerprint density at radius 1 is 1.19 bits per heavy atom. The number of nitrogens with one attached hydrogen (secondary N) is 1. The van der Waals surface area contributed by atoms with Crippen molar-refractivity contribution in [2.24, 2.45) is 0 Å². The highest BCUT2D eigenvalue weighted by molar-refractivity contribution is 7.89. The lowest BCUT2D eigenvalue weighted by molar-refractivity contribution is 0.0491. The van der Waals surface area contributed by atoms with Gasteiger partial charge in [-0.2, -0.15) is 0 Å². The Balaban J connectivity index is 1.57. The monoisotopic (exact) mass is 459 g/mol. The summed E-state index contributed by atoms with van der Waals surface area (Å²) >= 11 is 0. The summed E-state index contributed by atoms with van der Waals surface area (Å²) in [4.78, 5) is 12.2. The fraction of sp³-hybridized carbons (Fsp3) is 0.348. The van der Waals surface area contributed by atoms with Gasteiger partial charge >= 0.3 is 5.97 Å². The minimum Gasteiger partial charge on any atom is -0.490 e. The first-order valence-electron chi connectivity index (χ1n) is 10.4. The van der Waals surface area contributed by atoms with Crippen molar-refractivity contribution in [1.29, 1.82) is 0 Å². The average molecular weight is 460 g/mol. The molecule has 0 aliphatic carbocycles. The van der Waals surface area contributed by atoms with Crippen LogP contribution in [0.5, 0.6) is 11.5 Å². The third-order valence-electron chi connectivity index (χ3n) is 5.26. The summed E-state index contributed by atoms with van der Waals surface area (Å²) in [5.74, 6) is 0.816. The van der Waals surface area contributed by atoms with Gasteiger partial charge in [0.15, 0.2) is 11.5 Å². The SMILES string of the molecule is CCOC(=O)c1oc2ccc(S(=O)(=O)NC3COc4c(cccc4OCC)C3)cc2c1C. The van der Waals surface area contributed by atoms with Crippen molar-refractivity contribution in [2.45, 2.75) is 38.1 Å². The van der Waals surface area contributed by atoms with Crippen LogP contribution >= 0.6 is 0 Å². The maximum absolute atomic E-state index is 13.1. The molecule has 0 saturated carbocycles. The summed E-state index contributed by atoms with van der Waals surface area (Å²) in [6.45, 7) is 6.23. The molecule has 1 atom stereocenters. The molecule has 2 heterocycles. The van der Waals surface area contributed by atoms with Gasteiger partial charge < -0.3 is 18.6 Å². The number of esters is 1. The first kappa shape index (κ1) is 22.2. The second kappa shape index (κ2) is 8.84. The molecule has 9 heteroatoms. The molecular weight excluding hydrogens is 434 g/mol. The van der Waals surface area contributed by atoms with E-state index >= 15 is 0 Å². The highest BCUT2D eigenvalue weighted by Gasteiger charge is 2.28. The van der Waals surface area contributed by atoms with Gasteiger partial charge in [0.05, 0.1) is 24.2 Å². The van der Waals surface area contributed by atoms with Crippen molar-refractivity contribution in [3.05, 3.63) is 53.3 Å². The van der Waals surface area contributed by atoms with Gasteiger partial charge in [-0.3, -0.25) is 0 Å². The van der Waals surface area contributed by atoms with Gasteiger partial charge in [-0.1, -0.05) is 12.1 Å². The molecule has 1 unspecified atom stereocenters. The third kappa shape index (κ3) is 4.18. The predicted molar refractivity (Wildman–Crippen MR) is 118 cm³/mol. The summed E-state index contributed by atoms with van der Waals surface area (Å²) in [7, 11) is -3.83. The molecule has 1 aromatic heterocycles. The van der Waals surface area contributed by atoms with Crippen LogP contribution in [0.4, 0.5) is 0 Å². The van der Waals surface area contributed by atoms with Gasteiger partial charge in [0.25, 0.3) is 0 Å². The van der Waals surface area contributed by atoms with Crippen molar-refractivity contribution in [3.63, 3.8) is 0 Å². The Kier molecular flexibility index (Phi) is 6.12. The number of furan rings is 1. The Labute approximate surface area is 186 Å². The summed E-state index contributed by atoms with van der Waals surface area (Å²) in [5, 5.41) is 0.544. The first-order chi connectivity index (χ1) is 15.3. The number of para-hydroxylation sites is 1. The van der Waals surface area contributed by atoms with Crippen LogP contribution in [-0.2, 0) is 21.2 Å². The molecule has 0 bridgehead atoms. The Bertz CT molecular complexity index is 1260. The Morgan fingerprint density at radius 2 is 2.00 bits per heavy atom. The highest BCUT2D eigenvalue weighted by Crippen LogP contribution is 2.35. The molecule has 0 spiro atoms. The van der Waals surface area contributed by atoms with Crippen LogP contribution in [0.2, 0.25) is 0 Å². The van der Waals surface area contributed by atoms with Gasteiger partial charge in [-0.15, -0.1) is 0 Å². The molecule has 32 heavy (non-hydrogen) atoms. The van der Waals surface area contributed by atoms with E-state index in [1.54, 1.807) is 19.9 Å². The smallest absolute Gasteiger partial charge is 0.374 e. The van der Waals surface area contributed by atoms with Crippen LogP contribution in [0.25, 0.3) is 11.0 Å². The summed E-state index contributed by atoms with van der Waals surface area (Å²) in [5.41, 5.74) is 1.84. The van der Waals surface area contributed by atoms with Crippen LogP contribution in [0.3, 0.4) is 0 Å². The number of carbonyl (C=O) groups excluding carboxylic acids is 1. The zero-order chi connectivity index (χ0) is 22.9. The number of ether oxygens (including phenoxy) is 3. The molecule has 170 valence electrons. The van der Waals surface area contributed by atoms with Crippen molar-refractivity contribution in [3.8, 4) is 11.5 Å². The number of aryl methyl sites for hydroxylation is 1. The number of carbonyl (C=O) groups is 1. The molecule has 0 amide bonds. The van der Waals surface area contributed by atoms with Crippen molar-refractivity contribution in [1.82, 2.24) is 4.72 Å². The second-order valence-corrected chi connectivity index (χ2v) is 9.16. The van der Waals surface area contributed by atoms with Gasteiger partial charge in [-0.25, -0.2) is 17.9 Å². The van der Waals surface area contributed by atoms with E-state index in [0.29, 0.717) is 41.1 Å². The molecule has 8 nitrogen and oxygen atoms in total. The van der Waals surface area contributed by atoms with Gasteiger partial charge in [0.2, 0.25) is 15.8 Å². The quantitative estimate of drug-likeness (QED) is 0.538. The minimum atomic E-state index is -3.83. The number of benzene rings is 2. The van der Waals surface area contributed by atoms with E-state index in [2.05, 4.69) is 4.72 Å². The second-order valence-electron chi connectivity index (χ2n) is 7.45. The average Bonchev–Trinajstić information content (AvgIpc) is 3.10. The molecule has 3 aromatic rings. The van der Waals surface area contributed by atoms with Gasteiger partial charge in [0.1, 0.15) is 12.2 Å². The zero-order valence-electron chi connectivity index (χ0n) is 18.1. The summed E-state index contributed by atoms with van der Waals surface area (Å²) in [6.07, 6.45) is 0.482. The Hall–Kier alpha value is -3.04. The minimum absolute atomic E-state index is 0.0757. The lowest BCUT2D eigenvalue weighted by Crippen LogP contribution is -2.42. The Morgan fingerprint density at radius 3 is 2.75 bits per heavy atom. The van der Waals surface area contributed by atoms with E-state index in [9.17, 15) is 13.2 Å². The van der Waals surface area contributed by atoms with Crippen molar-refractivity contribution in [2.75, 3.05) is 19.8 Å². The van der Waals surface area contributed by atoms with Crippen LogP contribution in [0.1, 0.15) is 35.5 Å². The van der Waals surface area contributed by atoms with Gasteiger partial charge in [-0.05, 0) is 57.0 Å². The van der Waals surface area contributed by atoms with Crippen LogP contribution in [0, 0.1) is 6.92 Å². The van der Waals surface area contributed by atoms with E-state index in [0.717, 1.165) is 5.56 Å². The highest BCUT2D eigenvalue weighted by atomic mass is 32.2. The number of hydrogen-bond donors (Lipinski definition) is 1. The molecule has 2 aromatic carbocycles. The van der Waals surface area contributed by atoms with Crippen molar-refractivity contribution < 1.29 is 31.8 Å². The molecule has 4 rings (SSSR count). The van der Waals surface area contributed by atoms with Crippen LogP contribution in [0.15, 0.2) is 45.7 Å². The number of sulfonamides is 1. The molecule has 0 radical (unpaired) electrons. The van der Waals surface area contributed by atoms with E-state index < -0.39 is 22.0 Å². The fourth-order valence-corrected chi connectivity index (χ4v) is 5.03. The van der Waals surface area contributed by atoms with E-state index in [-0.39, 0.29) is 23.9 Å². The fourth-order valence-electron chi connectivity index (χ4n) is 3.78. The lowest BCUT2D eigenvalue weighted by atomic mass is 10.0. The van der Waals surface area contributed by atoms with Crippen LogP contribution < -0.4 is 14.2 Å². The predicted octanol–water partition coefficient (Wildman–Crippen LogP) is 3.60. The molecule has 0 fully saturated rings. The number of fused-ring (bicyclic) bond motifs is 2. The van der Waals surface area contributed by atoms with Crippen LogP contribution in [-0.4, -0.2) is 40.2 Å². The molecule has 1 aliphatic heterocycles. The topological polar surface area (TPSA) is 104 Å². The maximum atomic E-state index is 13.1. The van der Waals surface area contributed by atoms with E-state index in [1.165, 1.54) is 12.1 Å². The van der Waals surface area contributed by atoms with Crippen molar-refractivity contribution >= 4 is 27.0 Å².